The van der Waals surface area contributed by atoms with Crippen LogP contribution in [0.5, 0.6) is 0 Å². The summed E-state index contributed by atoms with van der Waals surface area (Å²) in [6.07, 6.45) is 5.74. The number of hydrogen-bond acceptors (Lipinski definition) is 3. The first-order valence-electron chi connectivity index (χ1n) is 8.04. The Morgan fingerprint density at radius 2 is 1.76 bits per heavy atom. The Kier molecular flexibility index (Phi) is 4.61. The fraction of sp³-hybridized carbons (Fsp3) is 0.875. The van der Waals surface area contributed by atoms with Crippen LogP contribution in [0.25, 0.3) is 0 Å². The van der Waals surface area contributed by atoms with E-state index in [1.54, 1.807) is 4.90 Å². The molecule has 1 saturated carbocycles. The quantitative estimate of drug-likeness (QED) is 0.816. The van der Waals surface area contributed by atoms with Gasteiger partial charge in [0.1, 0.15) is 6.04 Å². The number of amides is 1. The fourth-order valence-corrected chi connectivity index (χ4v) is 3.72. The SMILES string of the molecule is CC(C)(C)[C@H](N)C(=O)N1C(C(=O)O)CCC2CCCCC21. The number of hydrogen-bond donors (Lipinski definition) is 2. The van der Waals surface area contributed by atoms with Crippen molar-refractivity contribution in [2.24, 2.45) is 17.1 Å². The minimum atomic E-state index is -0.895. The van der Waals surface area contributed by atoms with Gasteiger partial charge in [-0.1, -0.05) is 33.6 Å². The van der Waals surface area contributed by atoms with Gasteiger partial charge in [-0.15, -0.1) is 0 Å². The molecule has 2 rings (SSSR count). The second-order valence-electron chi connectivity index (χ2n) is 7.63. The zero-order valence-electron chi connectivity index (χ0n) is 13.3. The summed E-state index contributed by atoms with van der Waals surface area (Å²) >= 11 is 0. The molecule has 1 heterocycles. The summed E-state index contributed by atoms with van der Waals surface area (Å²) in [6.45, 7) is 5.77. The number of likely N-dealkylation sites (tertiary alicyclic amines) is 1. The zero-order chi connectivity index (χ0) is 15.8. The van der Waals surface area contributed by atoms with Gasteiger partial charge >= 0.3 is 5.97 Å². The number of fused-ring (bicyclic) bond motifs is 1. The van der Waals surface area contributed by atoms with Crippen molar-refractivity contribution >= 4 is 11.9 Å². The molecule has 1 aliphatic heterocycles. The van der Waals surface area contributed by atoms with E-state index in [1.807, 2.05) is 20.8 Å². The van der Waals surface area contributed by atoms with Crippen LogP contribution in [-0.2, 0) is 9.59 Å². The van der Waals surface area contributed by atoms with E-state index in [1.165, 1.54) is 6.42 Å². The van der Waals surface area contributed by atoms with Crippen LogP contribution in [0.4, 0.5) is 0 Å². The van der Waals surface area contributed by atoms with Crippen molar-refractivity contribution in [3.05, 3.63) is 0 Å². The molecular formula is C16H28N2O3. The molecule has 2 aliphatic rings. The number of carbonyl (C=O) groups excluding carboxylic acids is 1. The summed E-state index contributed by atoms with van der Waals surface area (Å²) in [5, 5.41) is 9.50. The van der Waals surface area contributed by atoms with Crippen molar-refractivity contribution < 1.29 is 14.7 Å². The first-order valence-corrected chi connectivity index (χ1v) is 8.04. The lowest BCUT2D eigenvalue weighted by atomic mass is 9.75. The molecule has 0 aromatic heterocycles. The van der Waals surface area contributed by atoms with Crippen molar-refractivity contribution in [3.63, 3.8) is 0 Å². The molecule has 5 nitrogen and oxygen atoms in total. The summed E-state index contributed by atoms with van der Waals surface area (Å²) in [6, 6.07) is -1.29. The van der Waals surface area contributed by atoms with E-state index < -0.39 is 18.1 Å². The van der Waals surface area contributed by atoms with E-state index in [2.05, 4.69) is 0 Å². The minimum Gasteiger partial charge on any atom is -0.480 e. The lowest BCUT2D eigenvalue weighted by Gasteiger charge is -2.48. The van der Waals surface area contributed by atoms with E-state index in [0.717, 1.165) is 25.7 Å². The lowest BCUT2D eigenvalue weighted by molar-refractivity contribution is -0.160. The summed E-state index contributed by atoms with van der Waals surface area (Å²) in [5.74, 6) is -0.634. The second-order valence-corrected chi connectivity index (χ2v) is 7.63. The van der Waals surface area contributed by atoms with Crippen LogP contribution in [0.2, 0.25) is 0 Å². The molecule has 3 N–H and O–H groups in total. The predicted octanol–water partition coefficient (Wildman–Crippen LogP) is 1.99. The molecule has 1 aliphatic carbocycles. The van der Waals surface area contributed by atoms with Crippen LogP contribution < -0.4 is 5.73 Å². The number of rotatable bonds is 2. The summed E-state index contributed by atoms with van der Waals surface area (Å²) in [4.78, 5) is 26.1. The van der Waals surface area contributed by atoms with Crippen LogP contribution >= 0.6 is 0 Å². The third-order valence-electron chi connectivity index (χ3n) is 5.11. The molecule has 0 aromatic carbocycles. The van der Waals surface area contributed by atoms with Crippen LogP contribution in [-0.4, -0.2) is 40.0 Å². The van der Waals surface area contributed by atoms with E-state index in [-0.39, 0.29) is 17.4 Å². The average Bonchev–Trinajstić information content (AvgIpc) is 2.43. The molecule has 5 heteroatoms. The highest BCUT2D eigenvalue weighted by atomic mass is 16.4. The summed E-state index contributed by atoms with van der Waals surface area (Å²) in [7, 11) is 0. The first kappa shape index (κ1) is 16.3. The molecule has 0 aromatic rings. The lowest BCUT2D eigenvalue weighted by Crippen LogP contribution is -2.62. The number of aliphatic carboxylic acids is 1. The Morgan fingerprint density at radius 3 is 2.33 bits per heavy atom. The number of carboxylic acids is 1. The third-order valence-corrected chi connectivity index (χ3v) is 5.11. The molecule has 4 atom stereocenters. The molecule has 0 radical (unpaired) electrons. The third kappa shape index (κ3) is 3.23. The highest BCUT2D eigenvalue weighted by Gasteiger charge is 2.46. The number of carbonyl (C=O) groups is 2. The predicted molar refractivity (Wildman–Crippen MR) is 80.7 cm³/mol. The smallest absolute Gasteiger partial charge is 0.326 e. The number of nitrogens with two attached hydrogens (primary N) is 1. The highest BCUT2D eigenvalue weighted by molar-refractivity contribution is 5.88. The molecule has 0 spiro atoms. The van der Waals surface area contributed by atoms with Crippen molar-refractivity contribution in [2.45, 2.75) is 77.4 Å². The largest absolute Gasteiger partial charge is 0.480 e. The molecule has 1 amide bonds. The van der Waals surface area contributed by atoms with Gasteiger partial charge in [0.2, 0.25) is 5.91 Å². The Balaban J connectivity index is 2.28. The van der Waals surface area contributed by atoms with Gasteiger partial charge in [0, 0.05) is 6.04 Å². The Morgan fingerprint density at radius 1 is 1.14 bits per heavy atom. The van der Waals surface area contributed by atoms with Gasteiger partial charge in [-0.2, -0.15) is 0 Å². The normalized spacial score (nSPS) is 31.4. The topological polar surface area (TPSA) is 83.6 Å². The van der Waals surface area contributed by atoms with Crippen LogP contribution in [0, 0.1) is 11.3 Å². The van der Waals surface area contributed by atoms with Gasteiger partial charge in [-0.3, -0.25) is 4.79 Å². The Bertz CT molecular complexity index is 416. The Labute approximate surface area is 126 Å². The first-order chi connectivity index (χ1) is 9.73. The van der Waals surface area contributed by atoms with Gasteiger partial charge in [0.25, 0.3) is 0 Å². The monoisotopic (exact) mass is 296 g/mol. The highest BCUT2D eigenvalue weighted by Crippen LogP contribution is 2.39. The Hall–Kier alpha value is -1.10. The molecule has 120 valence electrons. The van der Waals surface area contributed by atoms with Gasteiger partial charge < -0.3 is 15.7 Å². The fourth-order valence-electron chi connectivity index (χ4n) is 3.72. The zero-order valence-corrected chi connectivity index (χ0v) is 13.3. The second kappa shape index (κ2) is 5.95. The minimum absolute atomic E-state index is 0.0644. The maximum absolute atomic E-state index is 12.9. The number of piperidine rings is 1. The van der Waals surface area contributed by atoms with E-state index >= 15 is 0 Å². The molecule has 3 unspecified atom stereocenters. The molecule has 21 heavy (non-hydrogen) atoms. The van der Waals surface area contributed by atoms with Gasteiger partial charge in [0.05, 0.1) is 6.04 Å². The number of nitrogens with zero attached hydrogens (tertiary/aromatic N) is 1. The number of carboxylic acid groups (broad SMARTS) is 1. The standard InChI is InChI=1S/C16H28N2O3/c1-16(2,3)13(17)14(19)18-11-7-5-4-6-10(11)8-9-12(18)15(20)21/h10-13H,4-9,17H2,1-3H3,(H,20,21)/t10?,11?,12?,13-/m1/s1. The van der Waals surface area contributed by atoms with E-state index in [4.69, 9.17) is 5.73 Å². The van der Waals surface area contributed by atoms with E-state index in [9.17, 15) is 14.7 Å². The van der Waals surface area contributed by atoms with Gasteiger partial charge in [-0.05, 0) is 37.0 Å². The molecule has 2 fully saturated rings. The molecular weight excluding hydrogens is 268 g/mol. The van der Waals surface area contributed by atoms with Crippen molar-refractivity contribution in [1.82, 2.24) is 4.90 Å². The van der Waals surface area contributed by atoms with Crippen LogP contribution in [0.1, 0.15) is 59.3 Å². The average molecular weight is 296 g/mol. The molecule has 1 saturated heterocycles. The maximum Gasteiger partial charge on any atom is 0.326 e. The van der Waals surface area contributed by atoms with Gasteiger partial charge in [-0.25, -0.2) is 4.79 Å². The summed E-state index contributed by atoms with van der Waals surface area (Å²) in [5.41, 5.74) is 5.77. The maximum atomic E-state index is 12.9. The van der Waals surface area contributed by atoms with Crippen LogP contribution in [0.3, 0.4) is 0 Å². The van der Waals surface area contributed by atoms with E-state index in [0.29, 0.717) is 12.3 Å². The van der Waals surface area contributed by atoms with Crippen molar-refractivity contribution in [3.8, 4) is 0 Å². The van der Waals surface area contributed by atoms with Crippen molar-refractivity contribution in [2.75, 3.05) is 0 Å². The van der Waals surface area contributed by atoms with Gasteiger partial charge in [0.15, 0.2) is 0 Å². The van der Waals surface area contributed by atoms with Crippen LogP contribution in [0.15, 0.2) is 0 Å². The molecule has 0 bridgehead atoms. The van der Waals surface area contributed by atoms with Crippen molar-refractivity contribution in [1.29, 1.82) is 0 Å². The summed E-state index contributed by atoms with van der Waals surface area (Å²) < 4.78 is 0.